The Balaban J connectivity index is 1.38. The molecular weight excluding hydrogens is 440 g/mol. The van der Waals surface area contributed by atoms with E-state index >= 15 is 0 Å². The van der Waals surface area contributed by atoms with Gasteiger partial charge in [-0.05, 0) is 48.7 Å². The topological polar surface area (TPSA) is 18.5 Å². The first kappa shape index (κ1) is 27.6. The molecule has 3 atom stereocenters. The highest BCUT2D eigenvalue weighted by Crippen LogP contribution is 2.51. The molecule has 1 aliphatic heterocycles. The molecule has 1 unspecified atom stereocenters. The zero-order chi connectivity index (χ0) is 25.1. The molecule has 1 heterocycles. The minimum atomic E-state index is 0.0821. The molecule has 0 spiro atoms. The van der Waals surface area contributed by atoms with Crippen molar-refractivity contribution in [3.63, 3.8) is 0 Å². The van der Waals surface area contributed by atoms with Crippen LogP contribution in [-0.2, 0) is 9.47 Å². The third-order valence-corrected chi connectivity index (χ3v) is 9.37. The van der Waals surface area contributed by atoms with Crippen molar-refractivity contribution >= 4 is 5.57 Å². The fraction of sp³-hybridized carbons (Fsp3) is 0.706. The lowest BCUT2D eigenvalue weighted by molar-refractivity contribution is -0.178. The second kappa shape index (κ2) is 14.5. The van der Waals surface area contributed by atoms with Gasteiger partial charge < -0.3 is 9.47 Å². The Kier molecular flexibility index (Phi) is 11.2. The van der Waals surface area contributed by atoms with E-state index in [1.165, 1.54) is 94.6 Å². The van der Waals surface area contributed by atoms with E-state index < -0.39 is 0 Å². The van der Waals surface area contributed by atoms with Crippen molar-refractivity contribution in [2.75, 3.05) is 13.2 Å². The predicted molar refractivity (Wildman–Crippen MR) is 153 cm³/mol. The van der Waals surface area contributed by atoms with Crippen molar-refractivity contribution in [1.29, 1.82) is 0 Å². The number of allylic oxidation sites excluding steroid dienone is 3. The quantitative estimate of drug-likeness (QED) is 0.255. The fourth-order valence-electron chi connectivity index (χ4n) is 6.98. The van der Waals surface area contributed by atoms with Crippen molar-refractivity contribution in [3.8, 4) is 0 Å². The Morgan fingerprint density at radius 1 is 0.778 bits per heavy atom. The first-order valence-electron chi connectivity index (χ1n) is 15.4. The first-order chi connectivity index (χ1) is 17.7. The minimum absolute atomic E-state index is 0.0821. The second-order valence-corrected chi connectivity index (χ2v) is 11.9. The van der Waals surface area contributed by atoms with Gasteiger partial charge in [0.1, 0.15) is 0 Å². The van der Waals surface area contributed by atoms with Crippen molar-refractivity contribution < 1.29 is 9.47 Å². The molecule has 3 aliphatic rings. The van der Waals surface area contributed by atoms with E-state index in [0.29, 0.717) is 5.92 Å². The average Bonchev–Trinajstić information content (AvgIpc) is 2.94. The largest absolute Gasteiger partial charge is 0.373 e. The highest BCUT2D eigenvalue weighted by atomic mass is 16.6. The third-order valence-electron chi connectivity index (χ3n) is 9.37. The van der Waals surface area contributed by atoms with E-state index in [9.17, 15) is 0 Å². The molecule has 0 aromatic heterocycles. The van der Waals surface area contributed by atoms with Gasteiger partial charge in [0, 0.05) is 5.41 Å². The van der Waals surface area contributed by atoms with Crippen LogP contribution in [0, 0.1) is 17.3 Å². The summed E-state index contributed by atoms with van der Waals surface area (Å²) in [5.41, 5.74) is 2.77. The van der Waals surface area contributed by atoms with Crippen LogP contribution in [-0.4, -0.2) is 25.4 Å². The Hall–Kier alpha value is -1.38. The van der Waals surface area contributed by atoms with E-state index in [4.69, 9.17) is 9.47 Å². The summed E-state index contributed by atoms with van der Waals surface area (Å²) >= 11 is 0. The second-order valence-electron chi connectivity index (χ2n) is 11.9. The van der Waals surface area contributed by atoms with Gasteiger partial charge in [0.15, 0.2) is 0 Å². The summed E-state index contributed by atoms with van der Waals surface area (Å²) in [6.45, 7) is 6.13. The lowest BCUT2D eigenvalue weighted by atomic mass is 9.60. The summed E-state index contributed by atoms with van der Waals surface area (Å²) < 4.78 is 13.2. The summed E-state index contributed by atoms with van der Waals surface area (Å²) in [7, 11) is 0. The standard InChI is InChI=1S/C34H52O2/c1-3-5-7-8-13-17-32-26-36-33(27-35-32)34(31-20-18-28(19-21-31)14-10-6-4-2)24-22-30(23-25-34)29-15-11-9-12-16-29/h9,11-12,15-16,22-24,28,31-33H,3-8,10,13-14,17-21,25-27H2,1-2H3/t28-,31-,32-,33-,34?/m0/s1. The van der Waals surface area contributed by atoms with Crippen molar-refractivity contribution in [3.05, 3.63) is 54.1 Å². The predicted octanol–water partition coefficient (Wildman–Crippen LogP) is 9.55. The molecule has 0 radical (unpaired) electrons. The Morgan fingerprint density at radius 3 is 2.17 bits per heavy atom. The zero-order valence-electron chi connectivity index (χ0n) is 23.3. The van der Waals surface area contributed by atoms with Gasteiger partial charge in [-0.2, -0.15) is 0 Å². The molecule has 2 fully saturated rings. The number of ether oxygens (including phenoxy) is 2. The zero-order valence-corrected chi connectivity index (χ0v) is 23.3. The Bertz CT molecular complexity index is 796. The molecule has 1 aromatic rings. The minimum Gasteiger partial charge on any atom is -0.373 e. The maximum absolute atomic E-state index is 6.71. The van der Waals surface area contributed by atoms with Gasteiger partial charge in [-0.15, -0.1) is 0 Å². The highest BCUT2D eigenvalue weighted by molar-refractivity contribution is 5.75. The SMILES string of the molecule is CCCCCCC[C@H]1CO[C@H](C2([C@H]3CC[C@H](CCCCC)CC3)C=CC(c3ccccc3)=CC2)CO1. The summed E-state index contributed by atoms with van der Waals surface area (Å²) in [5.74, 6) is 1.64. The van der Waals surface area contributed by atoms with Gasteiger partial charge in [0.2, 0.25) is 0 Å². The van der Waals surface area contributed by atoms with Crippen LogP contribution in [0.2, 0.25) is 0 Å². The molecule has 36 heavy (non-hydrogen) atoms. The molecule has 200 valence electrons. The molecule has 1 saturated heterocycles. The molecule has 1 aromatic carbocycles. The van der Waals surface area contributed by atoms with Gasteiger partial charge in [-0.3, -0.25) is 0 Å². The van der Waals surface area contributed by atoms with Crippen LogP contribution in [0.15, 0.2) is 48.6 Å². The normalized spacial score (nSPS) is 30.8. The van der Waals surface area contributed by atoms with Gasteiger partial charge in [-0.1, -0.05) is 133 Å². The van der Waals surface area contributed by atoms with Crippen molar-refractivity contribution in [2.24, 2.45) is 17.3 Å². The number of benzene rings is 1. The summed E-state index contributed by atoms with van der Waals surface area (Å²) in [6.07, 6.45) is 27.8. The molecule has 0 amide bonds. The monoisotopic (exact) mass is 492 g/mol. The van der Waals surface area contributed by atoms with E-state index in [0.717, 1.165) is 32.0 Å². The summed E-state index contributed by atoms with van der Waals surface area (Å²) in [6, 6.07) is 10.9. The van der Waals surface area contributed by atoms with Gasteiger partial charge in [0.25, 0.3) is 0 Å². The maximum Gasteiger partial charge on any atom is 0.0906 e. The maximum atomic E-state index is 6.71. The fourth-order valence-corrected chi connectivity index (χ4v) is 6.98. The number of unbranched alkanes of at least 4 members (excludes halogenated alkanes) is 6. The summed E-state index contributed by atoms with van der Waals surface area (Å²) in [5, 5.41) is 0. The molecule has 2 aliphatic carbocycles. The molecule has 1 saturated carbocycles. The van der Waals surface area contributed by atoms with E-state index in [1.54, 1.807) is 0 Å². The van der Waals surface area contributed by atoms with Crippen LogP contribution in [0.5, 0.6) is 0 Å². The van der Waals surface area contributed by atoms with Gasteiger partial charge in [0.05, 0.1) is 25.4 Å². The van der Waals surface area contributed by atoms with Crippen molar-refractivity contribution in [1.82, 2.24) is 0 Å². The molecular formula is C34H52O2. The average molecular weight is 493 g/mol. The van der Waals surface area contributed by atoms with Crippen LogP contribution in [0.3, 0.4) is 0 Å². The molecule has 0 bridgehead atoms. The number of hydrogen-bond donors (Lipinski definition) is 0. The Morgan fingerprint density at radius 2 is 1.50 bits per heavy atom. The molecule has 0 N–H and O–H groups in total. The molecule has 2 nitrogen and oxygen atoms in total. The van der Waals surface area contributed by atoms with Gasteiger partial charge in [-0.25, -0.2) is 0 Å². The van der Waals surface area contributed by atoms with E-state index in [-0.39, 0.29) is 17.6 Å². The van der Waals surface area contributed by atoms with Crippen LogP contribution in [0.25, 0.3) is 5.57 Å². The smallest absolute Gasteiger partial charge is 0.0906 e. The van der Waals surface area contributed by atoms with Crippen LogP contribution in [0.4, 0.5) is 0 Å². The number of hydrogen-bond acceptors (Lipinski definition) is 2. The van der Waals surface area contributed by atoms with E-state index in [2.05, 4.69) is 62.4 Å². The third kappa shape index (κ3) is 7.35. The molecule has 2 heteroatoms. The number of rotatable bonds is 13. The lowest BCUT2D eigenvalue weighted by Crippen LogP contribution is -2.50. The first-order valence-corrected chi connectivity index (χ1v) is 15.4. The lowest BCUT2D eigenvalue weighted by Gasteiger charge is -2.49. The van der Waals surface area contributed by atoms with Crippen molar-refractivity contribution in [2.45, 2.75) is 122 Å². The van der Waals surface area contributed by atoms with Gasteiger partial charge >= 0.3 is 0 Å². The van der Waals surface area contributed by atoms with E-state index in [1.807, 2.05) is 0 Å². The Labute approximate surface area is 221 Å². The van der Waals surface area contributed by atoms with Crippen LogP contribution < -0.4 is 0 Å². The van der Waals surface area contributed by atoms with Crippen LogP contribution in [0.1, 0.15) is 116 Å². The van der Waals surface area contributed by atoms with Crippen LogP contribution >= 0.6 is 0 Å². The highest BCUT2D eigenvalue weighted by Gasteiger charge is 2.47. The molecule has 4 rings (SSSR count). The summed E-state index contributed by atoms with van der Waals surface area (Å²) in [4.78, 5) is 0.